The number of hydrogen-bond acceptors (Lipinski definition) is 5. The van der Waals surface area contributed by atoms with Gasteiger partial charge in [-0.3, -0.25) is 9.59 Å². The summed E-state index contributed by atoms with van der Waals surface area (Å²) in [5, 5.41) is 4.50. The molecule has 4 N–H and O–H groups in total. The first-order valence-electron chi connectivity index (χ1n) is 11.3. The van der Waals surface area contributed by atoms with Crippen molar-refractivity contribution in [3.05, 3.63) is 71.8 Å². The zero-order valence-electron chi connectivity index (χ0n) is 19.4. The van der Waals surface area contributed by atoms with Crippen molar-refractivity contribution in [3.63, 3.8) is 0 Å². The van der Waals surface area contributed by atoms with Gasteiger partial charge in [0.05, 0.1) is 6.04 Å². The van der Waals surface area contributed by atoms with Crippen molar-refractivity contribution in [1.29, 1.82) is 0 Å². The highest BCUT2D eigenvalue weighted by Gasteiger charge is 2.29. The molecular weight excluding hydrogens is 494 g/mol. The minimum Gasteiger partial charge on any atom is -0.454 e. The molecule has 4 rings (SSSR count). The molecule has 0 unspecified atom stereocenters. The van der Waals surface area contributed by atoms with E-state index in [2.05, 4.69) is 5.10 Å². The summed E-state index contributed by atoms with van der Waals surface area (Å²) >= 11 is 0. The van der Waals surface area contributed by atoms with Crippen LogP contribution >= 0.6 is 0 Å². The number of ether oxygens (including phenoxy) is 1. The van der Waals surface area contributed by atoms with E-state index in [1.54, 1.807) is 12.1 Å². The van der Waals surface area contributed by atoms with Crippen LogP contribution in [0.2, 0.25) is 0 Å². The maximum Gasteiger partial charge on any atom is 0.257 e. The third-order valence-electron chi connectivity index (χ3n) is 5.88. The number of nitrogens with two attached hydrogens (primary N) is 2. The number of benzene rings is 2. The van der Waals surface area contributed by atoms with E-state index >= 15 is 0 Å². The molecule has 1 aliphatic heterocycles. The summed E-state index contributed by atoms with van der Waals surface area (Å²) in [6, 6.07) is 8.68. The fraction of sp³-hybridized carbons (Fsp3) is 0.240. The number of hydrogen-bond donors (Lipinski definition) is 2. The van der Waals surface area contributed by atoms with Crippen LogP contribution in [0.5, 0.6) is 11.5 Å². The van der Waals surface area contributed by atoms with E-state index in [0.29, 0.717) is 37.1 Å². The highest BCUT2D eigenvalue weighted by atomic mass is 19.3. The molecule has 194 valence electrons. The van der Waals surface area contributed by atoms with Gasteiger partial charge in [-0.1, -0.05) is 0 Å². The van der Waals surface area contributed by atoms with E-state index in [-0.39, 0.29) is 35.1 Å². The number of carbonyl (C=O) groups is 2. The molecule has 12 heteroatoms. The maximum atomic E-state index is 13.9. The Kier molecular flexibility index (Phi) is 7.46. The summed E-state index contributed by atoms with van der Waals surface area (Å²) in [6.45, 7) is 0.543. The van der Waals surface area contributed by atoms with Gasteiger partial charge in [-0.15, -0.1) is 0 Å². The predicted octanol–water partition coefficient (Wildman–Crippen LogP) is 4.29. The molecular formula is C25H23F4N5O3. The van der Waals surface area contributed by atoms with Crippen molar-refractivity contribution >= 4 is 17.6 Å². The van der Waals surface area contributed by atoms with Crippen molar-refractivity contribution in [2.75, 3.05) is 18.8 Å². The Hall–Kier alpha value is -4.35. The largest absolute Gasteiger partial charge is 0.454 e. The van der Waals surface area contributed by atoms with Gasteiger partial charge >= 0.3 is 0 Å². The van der Waals surface area contributed by atoms with Crippen LogP contribution in [0.15, 0.2) is 54.6 Å². The number of aromatic nitrogens is 2. The van der Waals surface area contributed by atoms with Crippen molar-refractivity contribution in [2.24, 2.45) is 5.73 Å². The number of amides is 2. The molecule has 8 nitrogen and oxygen atoms in total. The molecule has 2 amide bonds. The van der Waals surface area contributed by atoms with Crippen LogP contribution in [0.1, 0.15) is 29.2 Å². The summed E-state index contributed by atoms with van der Waals surface area (Å²) in [5.74, 6) is -2.87. The average molecular weight is 517 g/mol. The second-order valence-electron chi connectivity index (χ2n) is 8.39. The number of nitrogen functional groups attached to an aromatic ring is 1. The van der Waals surface area contributed by atoms with E-state index in [0.717, 1.165) is 18.2 Å². The standard InChI is InChI=1S/C25H23F4N5O3/c26-15-5-8-19(18(27)12-15)37-17-6-3-14(4-7-17)23-22(25(31)36)24(30)34(32-23)16-2-1-11-33(13-16)21(35)10-9-20(28)29/h3-10,12,16,20H,1-2,11,13,30H2,(H2,31,36)/b10-9+/t16-/m1/s1. The van der Waals surface area contributed by atoms with Crippen LogP contribution in [0.4, 0.5) is 23.4 Å². The highest BCUT2D eigenvalue weighted by Crippen LogP contribution is 2.33. The number of allylic oxidation sites excluding steroid dienone is 1. The second kappa shape index (κ2) is 10.7. The number of likely N-dealkylation sites (tertiary alicyclic amines) is 1. The van der Waals surface area contributed by atoms with Crippen LogP contribution in [0.3, 0.4) is 0 Å². The van der Waals surface area contributed by atoms with Crippen molar-refractivity contribution in [1.82, 2.24) is 14.7 Å². The molecule has 0 spiro atoms. The van der Waals surface area contributed by atoms with E-state index < -0.39 is 35.9 Å². The molecule has 37 heavy (non-hydrogen) atoms. The smallest absolute Gasteiger partial charge is 0.257 e. The first-order chi connectivity index (χ1) is 17.6. The summed E-state index contributed by atoms with van der Waals surface area (Å²) in [5.41, 5.74) is 12.5. The Morgan fingerprint density at radius 2 is 1.86 bits per heavy atom. The van der Waals surface area contributed by atoms with Crippen LogP contribution in [0.25, 0.3) is 11.3 Å². The Bertz CT molecular complexity index is 1340. The van der Waals surface area contributed by atoms with Gasteiger partial charge in [-0.25, -0.2) is 22.2 Å². The highest BCUT2D eigenvalue weighted by molar-refractivity contribution is 6.03. The lowest BCUT2D eigenvalue weighted by molar-refractivity contribution is -0.127. The number of rotatable bonds is 7. The molecule has 0 saturated carbocycles. The Morgan fingerprint density at radius 1 is 1.14 bits per heavy atom. The van der Waals surface area contributed by atoms with Crippen LogP contribution < -0.4 is 16.2 Å². The van der Waals surface area contributed by atoms with Crippen LogP contribution in [-0.4, -0.2) is 46.0 Å². The van der Waals surface area contributed by atoms with E-state index in [4.69, 9.17) is 16.2 Å². The fourth-order valence-corrected chi connectivity index (χ4v) is 4.15. The summed E-state index contributed by atoms with van der Waals surface area (Å²) < 4.78 is 58.8. The Labute approximate surface area is 209 Å². The number of anilines is 1. The van der Waals surface area contributed by atoms with E-state index in [1.165, 1.54) is 21.7 Å². The molecule has 1 fully saturated rings. The second-order valence-corrected chi connectivity index (χ2v) is 8.39. The number of halogens is 4. The molecule has 2 aromatic carbocycles. The number of piperidine rings is 1. The number of carbonyl (C=O) groups excluding carboxylic acids is 2. The molecule has 1 saturated heterocycles. The lowest BCUT2D eigenvalue weighted by Gasteiger charge is -2.32. The molecule has 0 radical (unpaired) electrons. The third kappa shape index (κ3) is 5.74. The van der Waals surface area contributed by atoms with E-state index in [9.17, 15) is 27.2 Å². The molecule has 0 aliphatic carbocycles. The SMILES string of the molecule is NC(=O)c1c(-c2ccc(Oc3ccc(F)cc3F)cc2)nn([C@@H]2CCCN(C(=O)/C=C/C(F)F)C2)c1N. The quantitative estimate of drug-likeness (QED) is 0.358. The van der Waals surface area contributed by atoms with Crippen molar-refractivity contribution < 1.29 is 31.9 Å². The zero-order valence-corrected chi connectivity index (χ0v) is 19.4. The van der Waals surface area contributed by atoms with E-state index in [1.807, 2.05) is 0 Å². The van der Waals surface area contributed by atoms with Crippen molar-refractivity contribution in [3.8, 4) is 22.8 Å². The van der Waals surface area contributed by atoms with Gasteiger partial charge in [-0.05, 0) is 55.3 Å². The average Bonchev–Trinajstić information content (AvgIpc) is 3.22. The van der Waals surface area contributed by atoms with Gasteiger partial charge in [0.1, 0.15) is 28.6 Å². The molecule has 1 aromatic heterocycles. The summed E-state index contributed by atoms with van der Waals surface area (Å²) in [4.78, 5) is 26.0. The van der Waals surface area contributed by atoms with Gasteiger partial charge < -0.3 is 21.1 Å². The minimum absolute atomic E-state index is 0.0126. The van der Waals surface area contributed by atoms with Crippen LogP contribution in [0, 0.1) is 11.6 Å². The lowest BCUT2D eigenvalue weighted by Crippen LogP contribution is -2.40. The maximum absolute atomic E-state index is 13.9. The number of nitrogens with zero attached hydrogens (tertiary/aromatic N) is 3. The van der Waals surface area contributed by atoms with Gasteiger partial charge in [0.2, 0.25) is 5.91 Å². The van der Waals surface area contributed by atoms with Gasteiger partial charge in [0.15, 0.2) is 11.6 Å². The molecule has 1 atom stereocenters. The molecule has 3 aromatic rings. The van der Waals surface area contributed by atoms with Gasteiger partial charge in [0, 0.05) is 30.8 Å². The Morgan fingerprint density at radius 3 is 2.51 bits per heavy atom. The summed E-state index contributed by atoms with van der Waals surface area (Å²) in [6.07, 6.45) is -0.220. The third-order valence-corrected chi connectivity index (χ3v) is 5.88. The van der Waals surface area contributed by atoms with Crippen LogP contribution in [-0.2, 0) is 4.79 Å². The molecule has 1 aliphatic rings. The summed E-state index contributed by atoms with van der Waals surface area (Å²) in [7, 11) is 0. The Balaban J connectivity index is 1.59. The lowest BCUT2D eigenvalue weighted by atomic mass is 10.1. The molecule has 0 bridgehead atoms. The van der Waals surface area contributed by atoms with Crippen molar-refractivity contribution in [2.45, 2.75) is 25.3 Å². The normalized spacial score (nSPS) is 15.9. The van der Waals surface area contributed by atoms with Gasteiger partial charge in [-0.2, -0.15) is 5.10 Å². The topological polar surface area (TPSA) is 116 Å². The minimum atomic E-state index is -2.74. The first kappa shape index (κ1) is 25.7. The zero-order chi connectivity index (χ0) is 26.7. The fourth-order valence-electron chi connectivity index (χ4n) is 4.15. The number of alkyl halides is 2. The first-order valence-corrected chi connectivity index (χ1v) is 11.3. The molecule has 2 heterocycles. The predicted molar refractivity (Wildman–Crippen MR) is 127 cm³/mol. The number of primary amides is 1. The monoisotopic (exact) mass is 517 g/mol. The van der Waals surface area contributed by atoms with Gasteiger partial charge in [0.25, 0.3) is 12.3 Å².